The van der Waals surface area contributed by atoms with Gasteiger partial charge >= 0.3 is 0 Å². The van der Waals surface area contributed by atoms with Gasteiger partial charge in [-0.05, 0) is 12.5 Å². The van der Waals surface area contributed by atoms with Gasteiger partial charge in [0.15, 0.2) is 0 Å². The molecule has 1 atom stereocenters. The Balaban J connectivity index is 1.92. The lowest BCUT2D eigenvalue weighted by molar-refractivity contribution is 0.120. The van der Waals surface area contributed by atoms with E-state index in [-0.39, 0.29) is 0 Å². The number of hydrogen-bond acceptors (Lipinski definition) is 4. The van der Waals surface area contributed by atoms with Gasteiger partial charge < -0.3 is 15.2 Å². The Morgan fingerprint density at radius 1 is 1.47 bits per heavy atom. The number of rotatable bonds is 10. The maximum atomic E-state index is 9.70. The van der Waals surface area contributed by atoms with E-state index >= 15 is 0 Å². The molecule has 0 aromatic carbocycles. The van der Waals surface area contributed by atoms with Gasteiger partial charge in [0.25, 0.3) is 0 Å². The number of unbranched alkanes of at least 4 members (excludes halogenated alkanes) is 1. The average Bonchev–Trinajstić information content (AvgIpc) is 2.80. The second kappa shape index (κ2) is 9.15. The van der Waals surface area contributed by atoms with Gasteiger partial charge in [0.05, 0.1) is 19.3 Å². The van der Waals surface area contributed by atoms with E-state index in [2.05, 4.69) is 17.3 Å². The Labute approximate surface area is 103 Å². The molecule has 0 aliphatic rings. The molecular formula is C12H23N3O2. The minimum Gasteiger partial charge on any atom is -0.390 e. The van der Waals surface area contributed by atoms with Crippen LogP contribution >= 0.6 is 0 Å². The third kappa shape index (κ3) is 7.10. The largest absolute Gasteiger partial charge is 0.390 e. The van der Waals surface area contributed by atoms with Gasteiger partial charge in [0.2, 0.25) is 0 Å². The van der Waals surface area contributed by atoms with Gasteiger partial charge in [-0.25, -0.2) is 0 Å². The molecule has 2 N–H and O–H groups in total. The highest BCUT2D eigenvalue weighted by molar-refractivity contribution is 4.78. The molecule has 1 aromatic heterocycles. The summed E-state index contributed by atoms with van der Waals surface area (Å²) in [6.45, 7) is 5.54. The van der Waals surface area contributed by atoms with Crippen molar-refractivity contribution in [2.45, 2.75) is 32.4 Å². The number of aliphatic hydroxyl groups excluding tert-OH is 1. The zero-order valence-corrected chi connectivity index (χ0v) is 10.5. The van der Waals surface area contributed by atoms with E-state index in [4.69, 9.17) is 4.74 Å². The summed E-state index contributed by atoms with van der Waals surface area (Å²) in [5, 5.41) is 16.9. The zero-order chi connectivity index (χ0) is 12.3. The van der Waals surface area contributed by atoms with Crippen molar-refractivity contribution in [3.05, 3.63) is 18.5 Å². The van der Waals surface area contributed by atoms with Crippen LogP contribution in [0.25, 0.3) is 0 Å². The fourth-order valence-electron chi connectivity index (χ4n) is 1.45. The first kappa shape index (κ1) is 14.2. The molecule has 0 fully saturated rings. The van der Waals surface area contributed by atoms with Crippen LogP contribution in [-0.2, 0) is 11.3 Å². The topological polar surface area (TPSA) is 59.3 Å². The Hall–Kier alpha value is -0.910. The molecule has 5 nitrogen and oxygen atoms in total. The standard InChI is InChI=1S/C12H23N3O2/c1-2-3-8-17-9-6-13-10-12(16)11-15-7-4-5-14-15/h4-5,7,12-13,16H,2-3,6,8-11H2,1H3. The molecular weight excluding hydrogens is 218 g/mol. The molecule has 1 unspecified atom stereocenters. The van der Waals surface area contributed by atoms with Crippen LogP contribution in [0.2, 0.25) is 0 Å². The Morgan fingerprint density at radius 3 is 3.06 bits per heavy atom. The smallest absolute Gasteiger partial charge is 0.0860 e. The minimum atomic E-state index is -0.412. The Morgan fingerprint density at radius 2 is 2.35 bits per heavy atom. The van der Waals surface area contributed by atoms with Crippen molar-refractivity contribution in [2.75, 3.05) is 26.3 Å². The van der Waals surface area contributed by atoms with Crippen LogP contribution in [0.1, 0.15) is 19.8 Å². The maximum absolute atomic E-state index is 9.70. The third-order valence-electron chi connectivity index (χ3n) is 2.40. The van der Waals surface area contributed by atoms with Crippen LogP contribution in [0.5, 0.6) is 0 Å². The van der Waals surface area contributed by atoms with Crippen LogP contribution in [0, 0.1) is 0 Å². The van der Waals surface area contributed by atoms with E-state index in [0.29, 0.717) is 19.7 Å². The predicted octanol–water partition coefficient (Wildman–Crippen LogP) is 0.650. The normalized spacial score (nSPS) is 12.8. The van der Waals surface area contributed by atoms with Crippen molar-refractivity contribution in [1.82, 2.24) is 15.1 Å². The number of ether oxygens (including phenoxy) is 1. The molecule has 0 radical (unpaired) electrons. The average molecular weight is 241 g/mol. The monoisotopic (exact) mass is 241 g/mol. The number of aromatic nitrogens is 2. The van der Waals surface area contributed by atoms with Crippen LogP contribution in [0.4, 0.5) is 0 Å². The van der Waals surface area contributed by atoms with E-state index in [1.54, 1.807) is 10.9 Å². The van der Waals surface area contributed by atoms with E-state index in [1.165, 1.54) is 0 Å². The summed E-state index contributed by atoms with van der Waals surface area (Å²) in [6.07, 6.45) is 5.42. The number of aliphatic hydroxyl groups is 1. The third-order valence-corrected chi connectivity index (χ3v) is 2.40. The molecule has 0 amide bonds. The summed E-state index contributed by atoms with van der Waals surface area (Å²) in [5.41, 5.74) is 0. The molecule has 0 bridgehead atoms. The second-order valence-electron chi connectivity index (χ2n) is 4.05. The predicted molar refractivity (Wildman–Crippen MR) is 66.8 cm³/mol. The summed E-state index contributed by atoms with van der Waals surface area (Å²) < 4.78 is 7.13. The molecule has 1 rings (SSSR count). The van der Waals surface area contributed by atoms with Crippen LogP contribution in [-0.4, -0.2) is 47.3 Å². The van der Waals surface area contributed by atoms with Gasteiger partial charge in [0.1, 0.15) is 0 Å². The molecule has 0 spiro atoms. The quantitative estimate of drug-likeness (QED) is 0.591. The summed E-state index contributed by atoms with van der Waals surface area (Å²) in [5.74, 6) is 0. The Kier molecular flexibility index (Phi) is 7.62. The number of nitrogens with zero attached hydrogens (tertiary/aromatic N) is 2. The first-order chi connectivity index (χ1) is 8.33. The zero-order valence-electron chi connectivity index (χ0n) is 10.5. The van der Waals surface area contributed by atoms with Crippen molar-refractivity contribution >= 4 is 0 Å². The molecule has 17 heavy (non-hydrogen) atoms. The van der Waals surface area contributed by atoms with Gasteiger partial charge in [-0.1, -0.05) is 13.3 Å². The van der Waals surface area contributed by atoms with E-state index in [0.717, 1.165) is 26.0 Å². The molecule has 1 aromatic rings. The van der Waals surface area contributed by atoms with E-state index in [9.17, 15) is 5.11 Å². The first-order valence-electron chi connectivity index (χ1n) is 6.27. The van der Waals surface area contributed by atoms with Crippen molar-refractivity contribution in [3.63, 3.8) is 0 Å². The van der Waals surface area contributed by atoms with Crippen LogP contribution in [0.15, 0.2) is 18.5 Å². The maximum Gasteiger partial charge on any atom is 0.0860 e. The minimum absolute atomic E-state index is 0.412. The van der Waals surface area contributed by atoms with E-state index in [1.807, 2.05) is 12.3 Å². The summed E-state index contributed by atoms with van der Waals surface area (Å²) in [4.78, 5) is 0. The molecule has 0 saturated carbocycles. The van der Waals surface area contributed by atoms with Crippen molar-refractivity contribution in [1.29, 1.82) is 0 Å². The highest BCUT2D eigenvalue weighted by Crippen LogP contribution is 1.90. The molecule has 0 aliphatic heterocycles. The molecule has 5 heteroatoms. The summed E-state index contributed by atoms with van der Waals surface area (Å²) in [7, 11) is 0. The van der Waals surface area contributed by atoms with Crippen LogP contribution in [0.3, 0.4) is 0 Å². The SMILES string of the molecule is CCCCOCCNCC(O)Cn1cccn1. The van der Waals surface area contributed by atoms with Gasteiger partial charge in [-0.2, -0.15) is 5.10 Å². The second-order valence-corrected chi connectivity index (χ2v) is 4.05. The highest BCUT2D eigenvalue weighted by Gasteiger charge is 2.04. The summed E-state index contributed by atoms with van der Waals surface area (Å²) in [6, 6.07) is 1.85. The van der Waals surface area contributed by atoms with Gasteiger partial charge in [0, 0.05) is 32.1 Å². The van der Waals surface area contributed by atoms with Crippen molar-refractivity contribution in [2.24, 2.45) is 0 Å². The lowest BCUT2D eigenvalue weighted by Gasteiger charge is -2.12. The first-order valence-corrected chi connectivity index (χ1v) is 6.27. The summed E-state index contributed by atoms with van der Waals surface area (Å²) >= 11 is 0. The Bertz CT molecular complexity index is 265. The van der Waals surface area contributed by atoms with Gasteiger partial charge in [-0.15, -0.1) is 0 Å². The lowest BCUT2D eigenvalue weighted by Crippen LogP contribution is -2.32. The number of hydrogen-bond donors (Lipinski definition) is 2. The van der Waals surface area contributed by atoms with Gasteiger partial charge in [-0.3, -0.25) is 4.68 Å². The molecule has 0 aliphatic carbocycles. The molecule has 98 valence electrons. The van der Waals surface area contributed by atoms with E-state index < -0.39 is 6.10 Å². The molecule has 1 heterocycles. The van der Waals surface area contributed by atoms with Crippen molar-refractivity contribution in [3.8, 4) is 0 Å². The molecule has 0 saturated heterocycles. The lowest BCUT2D eigenvalue weighted by atomic mass is 10.3. The van der Waals surface area contributed by atoms with Crippen molar-refractivity contribution < 1.29 is 9.84 Å². The fraction of sp³-hybridized carbons (Fsp3) is 0.750. The highest BCUT2D eigenvalue weighted by atomic mass is 16.5. The van der Waals surface area contributed by atoms with Crippen LogP contribution < -0.4 is 5.32 Å². The fourth-order valence-corrected chi connectivity index (χ4v) is 1.45. The number of nitrogens with one attached hydrogen (secondary N) is 1.